The fourth-order valence-corrected chi connectivity index (χ4v) is 19.2. The minimum atomic E-state index is -3.50. The molecule has 0 aromatic heterocycles. The summed E-state index contributed by atoms with van der Waals surface area (Å²) in [6.07, 6.45) is 0. The van der Waals surface area contributed by atoms with Crippen LogP contribution in [0.25, 0.3) is 0 Å². The topological polar surface area (TPSA) is 3.24 Å². The zero-order valence-electron chi connectivity index (χ0n) is 18.8. The Kier molecular flexibility index (Phi) is 6.82. The summed E-state index contributed by atoms with van der Waals surface area (Å²) in [7, 11) is 0. The maximum atomic E-state index is 2.44. The number of nitrogens with zero attached hydrogens (tertiary/aromatic N) is 1. The summed E-state index contributed by atoms with van der Waals surface area (Å²) in [5, 5.41) is 0. The Morgan fingerprint density at radius 2 is 1.00 bits per heavy atom. The molecule has 0 saturated carbocycles. The SMILES string of the molecule is CCN(CC)c1cc[c]([Sn]([c]2ccccc2)([c]2ccccc2)[c]2ccccc2)c(C)c1. The van der Waals surface area contributed by atoms with Crippen LogP contribution >= 0.6 is 0 Å². The van der Waals surface area contributed by atoms with Crippen LogP contribution in [0.2, 0.25) is 0 Å². The molecule has 4 rings (SSSR count). The number of hydrogen-bond donors (Lipinski definition) is 0. The molecule has 4 aromatic rings. The Hall–Kier alpha value is -2.52. The summed E-state index contributed by atoms with van der Waals surface area (Å²) >= 11 is -3.50. The van der Waals surface area contributed by atoms with E-state index in [1.54, 1.807) is 0 Å². The molecule has 0 saturated heterocycles. The molecule has 0 bridgehead atoms. The van der Waals surface area contributed by atoms with Gasteiger partial charge in [0.1, 0.15) is 0 Å². The van der Waals surface area contributed by atoms with Gasteiger partial charge in [0.25, 0.3) is 0 Å². The summed E-state index contributed by atoms with van der Waals surface area (Å²) in [6, 6.07) is 40.9. The Morgan fingerprint density at radius 3 is 1.35 bits per heavy atom. The van der Waals surface area contributed by atoms with E-state index in [1.807, 2.05) is 0 Å². The van der Waals surface area contributed by atoms with E-state index in [2.05, 4.69) is 135 Å². The first-order valence-corrected chi connectivity index (χ1v) is 16.9. The van der Waals surface area contributed by atoms with Gasteiger partial charge in [0.05, 0.1) is 0 Å². The molecule has 156 valence electrons. The molecule has 0 radical (unpaired) electrons. The molecule has 0 fully saturated rings. The molecule has 0 atom stereocenters. The fraction of sp³-hybridized carbons (Fsp3) is 0.172. The molecule has 0 unspecified atom stereocenters. The molecule has 0 heterocycles. The van der Waals surface area contributed by atoms with Crippen molar-refractivity contribution in [1.29, 1.82) is 0 Å². The van der Waals surface area contributed by atoms with E-state index >= 15 is 0 Å². The van der Waals surface area contributed by atoms with Crippen molar-refractivity contribution < 1.29 is 0 Å². The number of hydrogen-bond acceptors (Lipinski definition) is 1. The van der Waals surface area contributed by atoms with Gasteiger partial charge in [-0.2, -0.15) is 0 Å². The number of rotatable bonds is 7. The quantitative estimate of drug-likeness (QED) is 0.336. The molecule has 0 aliphatic rings. The van der Waals surface area contributed by atoms with Crippen molar-refractivity contribution in [2.75, 3.05) is 18.0 Å². The van der Waals surface area contributed by atoms with Gasteiger partial charge in [0, 0.05) is 0 Å². The summed E-state index contributed by atoms with van der Waals surface area (Å²) in [6.45, 7) is 8.82. The van der Waals surface area contributed by atoms with Gasteiger partial charge in [0.15, 0.2) is 0 Å². The van der Waals surface area contributed by atoms with E-state index in [0.717, 1.165) is 13.1 Å². The van der Waals surface area contributed by atoms with E-state index in [9.17, 15) is 0 Å². The number of benzene rings is 4. The van der Waals surface area contributed by atoms with Gasteiger partial charge >= 0.3 is 192 Å². The van der Waals surface area contributed by atoms with Crippen molar-refractivity contribution >= 4 is 38.4 Å². The molecule has 0 N–H and O–H groups in total. The zero-order valence-corrected chi connectivity index (χ0v) is 21.6. The Labute approximate surface area is 191 Å². The first kappa shape index (κ1) is 21.7. The van der Waals surface area contributed by atoms with Crippen molar-refractivity contribution in [3.8, 4) is 0 Å². The van der Waals surface area contributed by atoms with Crippen LogP contribution in [0.15, 0.2) is 109 Å². The van der Waals surface area contributed by atoms with E-state index in [4.69, 9.17) is 0 Å². The Balaban J connectivity index is 2.06. The van der Waals surface area contributed by atoms with Crippen LogP contribution in [0.1, 0.15) is 19.4 Å². The van der Waals surface area contributed by atoms with Crippen molar-refractivity contribution in [3.63, 3.8) is 0 Å². The number of aryl methyl sites for hydroxylation is 1. The molecule has 0 amide bonds. The third-order valence-corrected chi connectivity index (χ3v) is 20.5. The van der Waals surface area contributed by atoms with Crippen LogP contribution in [-0.4, -0.2) is 31.5 Å². The Morgan fingerprint density at radius 1 is 0.581 bits per heavy atom. The summed E-state index contributed by atoms with van der Waals surface area (Å²) in [5.41, 5.74) is 2.72. The van der Waals surface area contributed by atoms with E-state index in [0.29, 0.717) is 0 Å². The van der Waals surface area contributed by atoms with E-state index in [-0.39, 0.29) is 0 Å². The van der Waals surface area contributed by atoms with Crippen LogP contribution in [-0.2, 0) is 0 Å². The van der Waals surface area contributed by atoms with E-state index < -0.39 is 18.4 Å². The predicted octanol–water partition coefficient (Wildman–Crippen LogP) is 4.22. The second-order valence-electron chi connectivity index (χ2n) is 8.02. The van der Waals surface area contributed by atoms with Gasteiger partial charge in [-0.05, 0) is 0 Å². The van der Waals surface area contributed by atoms with E-state index in [1.165, 1.54) is 25.6 Å². The average Bonchev–Trinajstić information content (AvgIpc) is 2.84. The molecular formula is C29H31NSn. The molecule has 1 nitrogen and oxygen atoms in total. The van der Waals surface area contributed by atoms with Gasteiger partial charge in [-0.3, -0.25) is 0 Å². The standard InChI is InChI=1S/C11H16N.3C6H5.Sn/c1-4-12(5-2)11-8-6-7-10(3)9-11;3*1-2-4-6-5-3-1;/h6,8-9H,4-5H2,1-3H3;3*1-5H;. The van der Waals surface area contributed by atoms with Crippen molar-refractivity contribution in [3.05, 3.63) is 115 Å². The van der Waals surface area contributed by atoms with Crippen LogP contribution in [0.4, 0.5) is 5.69 Å². The van der Waals surface area contributed by atoms with Crippen LogP contribution in [0, 0.1) is 6.92 Å². The molecule has 31 heavy (non-hydrogen) atoms. The third-order valence-electron chi connectivity index (χ3n) is 6.36. The van der Waals surface area contributed by atoms with Crippen molar-refractivity contribution in [2.45, 2.75) is 20.8 Å². The normalized spacial score (nSPS) is 11.3. The molecule has 2 heteroatoms. The third kappa shape index (κ3) is 4.04. The van der Waals surface area contributed by atoms with Crippen LogP contribution < -0.4 is 19.2 Å². The molecule has 0 spiro atoms. The molecule has 0 aliphatic heterocycles. The molecule has 0 aliphatic carbocycles. The maximum absolute atomic E-state index is 3.50. The van der Waals surface area contributed by atoms with Crippen molar-refractivity contribution in [1.82, 2.24) is 0 Å². The van der Waals surface area contributed by atoms with Gasteiger partial charge in [-0.25, -0.2) is 0 Å². The zero-order chi connectivity index (χ0) is 21.7. The first-order valence-electron chi connectivity index (χ1n) is 11.2. The Bertz CT molecular complexity index is 1010. The molecular weight excluding hydrogens is 481 g/mol. The summed E-state index contributed by atoms with van der Waals surface area (Å²) in [5.74, 6) is 0. The number of anilines is 1. The summed E-state index contributed by atoms with van der Waals surface area (Å²) < 4.78 is 6.02. The van der Waals surface area contributed by atoms with Crippen LogP contribution in [0.5, 0.6) is 0 Å². The first-order chi connectivity index (χ1) is 15.2. The average molecular weight is 512 g/mol. The second-order valence-corrected chi connectivity index (χ2v) is 18.8. The van der Waals surface area contributed by atoms with Gasteiger partial charge in [-0.15, -0.1) is 0 Å². The predicted molar refractivity (Wildman–Crippen MR) is 138 cm³/mol. The fourth-order valence-electron chi connectivity index (χ4n) is 4.89. The van der Waals surface area contributed by atoms with Crippen molar-refractivity contribution in [2.24, 2.45) is 0 Å². The minimum absolute atomic E-state index is 1.03. The van der Waals surface area contributed by atoms with Crippen LogP contribution in [0.3, 0.4) is 0 Å². The monoisotopic (exact) mass is 513 g/mol. The molecule has 4 aromatic carbocycles. The second kappa shape index (κ2) is 9.74. The van der Waals surface area contributed by atoms with Gasteiger partial charge in [0.2, 0.25) is 0 Å². The van der Waals surface area contributed by atoms with Gasteiger partial charge in [-0.1, -0.05) is 0 Å². The van der Waals surface area contributed by atoms with Gasteiger partial charge < -0.3 is 0 Å². The summed E-state index contributed by atoms with van der Waals surface area (Å²) in [4.78, 5) is 2.43.